The lowest BCUT2D eigenvalue weighted by Crippen LogP contribution is -2.33. The maximum absolute atomic E-state index is 12.8. The predicted octanol–water partition coefficient (Wildman–Crippen LogP) is 2.12. The van der Waals surface area contributed by atoms with E-state index in [2.05, 4.69) is 10.0 Å². The van der Waals surface area contributed by atoms with E-state index in [0.717, 1.165) is 10.8 Å². The van der Waals surface area contributed by atoms with Crippen molar-refractivity contribution in [3.8, 4) is 0 Å². The van der Waals surface area contributed by atoms with Crippen LogP contribution in [0.5, 0.6) is 0 Å². The molecular formula is C21H19FN2O5S. The van der Waals surface area contributed by atoms with Crippen molar-refractivity contribution in [3.63, 3.8) is 0 Å². The minimum absolute atomic E-state index is 0.0195. The van der Waals surface area contributed by atoms with E-state index in [1.807, 2.05) is 12.1 Å². The monoisotopic (exact) mass is 430 g/mol. The standard InChI is InChI=1S/C21H19FN2O5S/c22-18-8-5-15(6-9-18)12-23-20(25)14-29-21(26)13-24-30(27,28)19-10-7-16-3-1-2-4-17(16)11-19/h1-11,24H,12-14H2,(H,23,25). The largest absolute Gasteiger partial charge is 0.455 e. The molecule has 0 spiro atoms. The van der Waals surface area contributed by atoms with Gasteiger partial charge in [-0.1, -0.05) is 42.5 Å². The van der Waals surface area contributed by atoms with E-state index in [0.29, 0.717) is 5.56 Å². The Morgan fingerprint density at radius 3 is 2.37 bits per heavy atom. The van der Waals surface area contributed by atoms with Gasteiger partial charge in [0, 0.05) is 6.54 Å². The topological polar surface area (TPSA) is 102 Å². The molecule has 3 rings (SSSR count). The highest BCUT2D eigenvalue weighted by molar-refractivity contribution is 7.89. The third-order valence-electron chi connectivity index (χ3n) is 4.20. The van der Waals surface area contributed by atoms with E-state index in [-0.39, 0.29) is 17.3 Å². The number of sulfonamides is 1. The summed E-state index contributed by atoms with van der Waals surface area (Å²) in [6, 6.07) is 17.5. The molecule has 0 aliphatic carbocycles. The number of carbonyl (C=O) groups is 2. The molecule has 3 aromatic carbocycles. The van der Waals surface area contributed by atoms with Crippen molar-refractivity contribution in [3.05, 3.63) is 78.1 Å². The third kappa shape index (κ3) is 5.85. The van der Waals surface area contributed by atoms with Crippen LogP contribution in [-0.4, -0.2) is 33.4 Å². The van der Waals surface area contributed by atoms with Gasteiger partial charge in [-0.3, -0.25) is 9.59 Å². The molecule has 0 aliphatic heterocycles. The molecule has 0 unspecified atom stereocenters. The zero-order chi connectivity index (χ0) is 21.6. The third-order valence-corrected chi connectivity index (χ3v) is 5.60. The van der Waals surface area contributed by atoms with Crippen LogP contribution in [0.1, 0.15) is 5.56 Å². The Kier molecular flexibility index (Phi) is 6.76. The highest BCUT2D eigenvalue weighted by Crippen LogP contribution is 2.18. The second-order valence-corrected chi connectivity index (χ2v) is 8.16. The fraction of sp³-hybridized carbons (Fsp3) is 0.143. The number of esters is 1. The van der Waals surface area contributed by atoms with Crippen molar-refractivity contribution < 1.29 is 27.1 Å². The van der Waals surface area contributed by atoms with Crippen LogP contribution in [0, 0.1) is 5.82 Å². The van der Waals surface area contributed by atoms with Crippen LogP contribution in [-0.2, 0) is 30.9 Å². The van der Waals surface area contributed by atoms with Crippen molar-refractivity contribution in [1.29, 1.82) is 0 Å². The lowest BCUT2D eigenvalue weighted by molar-refractivity contribution is -0.147. The molecule has 0 aromatic heterocycles. The Balaban J connectivity index is 1.45. The summed E-state index contributed by atoms with van der Waals surface area (Å²) in [6.07, 6.45) is 0. The number of benzene rings is 3. The number of halogens is 1. The molecule has 0 fully saturated rings. The van der Waals surface area contributed by atoms with Gasteiger partial charge in [0.15, 0.2) is 6.61 Å². The smallest absolute Gasteiger partial charge is 0.321 e. The van der Waals surface area contributed by atoms with Crippen LogP contribution in [0.4, 0.5) is 4.39 Å². The molecule has 2 N–H and O–H groups in total. The lowest BCUT2D eigenvalue weighted by atomic mass is 10.1. The summed E-state index contributed by atoms with van der Waals surface area (Å²) in [5.74, 6) is -1.84. The predicted molar refractivity (Wildman–Crippen MR) is 108 cm³/mol. The average Bonchev–Trinajstić information content (AvgIpc) is 2.75. The van der Waals surface area contributed by atoms with Gasteiger partial charge in [0.05, 0.1) is 4.90 Å². The first-order chi connectivity index (χ1) is 14.3. The summed E-state index contributed by atoms with van der Waals surface area (Å²) in [7, 11) is -3.92. The second-order valence-electron chi connectivity index (χ2n) is 6.40. The van der Waals surface area contributed by atoms with Gasteiger partial charge in [0.2, 0.25) is 10.0 Å². The van der Waals surface area contributed by atoms with Gasteiger partial charge in [-0.15, -0.1) is 0 Å². The van der Waals surface area contributed by atoms with Crippen molar-refractivity contribution >= 4 is 32.7 Å². The molecule has 0 saturated carbocycles. The summed E-state index contributed by atoms with van der Waals surface area (Å²) >= 11 is 0. The van der Waals surface area contributed by atoms with Gasteiger partial charge in [-0.25, -0.2) is 12.8 Å². The Labute approximate surface area is 172 Å². The van der Waals surface area contributed by atoms with Gasteiger partial charge >= 0.3 is 5.97 Å². The number of rotatable bonds is 8. The van der Waals surface area contributed by atoms with Crippen LogP contribution in [0.2, 0.25) is 0 Å². The Morgan fingerprint density at radius 2 is 1.63 bits per heavy atom. The van der Waals surface area contributed by atoms with Crippen LogP contribution >= 0.6 is 0 Å². The zero-order valence-electron chi connectivity index (χ0n) is 15.8. The molecule has 0 aliphatic rings. The molecule has 7 nitrogen and oxygen atoms in total. The number of carbonyl (C=O) groups excluding carboxylic acids is 2. The molecule has 0 heterocycles. The fourth-order valence-corrected chi connectivity index (χ4v) is 3.63. The number of hydrogen-bond donors (Lipinski definition) is 2. The van der Waals surface area contributed by atoms with Gasteiger partial charge in [-0.2, -0.15) is 4.72 Å². The molecule has 0 radical (unpaired) electrons. The maximum atomic E-state index is 12.8. The van der Waals surface area contributed by atoms with Crippen molar-refractivity contribution in [1.82, 2.24) is 10.0 Å². The average molecular weight is 430 g/mol. The van der Waals surface area contributed by atoms with E-state index in [9.17, 15) is 22.4 Å². The van der Waals surface area contributed by atoms with E-state index in [1.54, 1.807) is 18.2 Å². The molecule has 0 bridgehead atoms. The van der Waals surface area contributed by atoms with Crippen molar-refractivity contribution in [2.24, 2.45) is 0 Å². The summed E-state index contributed by atoms with van der Waals surface area (Å²) < 4.78 is 44.5. The second kappa shape index (κ2) is 9.47. The quantitative estimate of drug-likeness (QED) is 0.533. The Bertz CT molecular complexity index is 1160. The molecule has 30 heavy (non-hydrogen) atoms. The number of ether oxygens (including phenoxy) is 1. The molecular weight excluding hydrogens is 411 g/mol. The Hall–Kier alpha value is -3.30. The van der Waals surface area contributed by atoms with Gasteiger partial charge in [-0.05, 0) is 40.6 Å². The summed E-state index contributed by atoms with van der Waals surface area (Å²) in [6.45, 7) is -1.02. The van der Waals surface area contributed by atoms with E-state index < -0.39 is 35.1 Å². The first-order valence-corrected chi connectivity index (χ1v) is 10.5. The van der Waals surface area contributed by atoms with E-state index in [4.69, 9.17) is 4.74 Å². The summed E-state index contributed by atoms with van der Waals surface area (Å²) in [4.78, 5) is 23.5. The number of hydrogen-bond acceptors (Lipinski definition) is 5. The Morgan fingerprint density at radius 1 is 0.933 bits per heavy atom. The molecule has 0 saturated heterocycles. The maximum Gasteiger partial charge on any atom is 0.321 e. The zero-order valence-corrected chi connectivity index (χ0v) is 16.6. The van der Waals surface area contributed by atoms with E-state index >= 15 is 0 Å². The molecule has 156 valence electrons. The highest BCUT2D eigenvalue weighted by atomic mass is 32.2. The van der Waals surface area contributed by atoms with E-state index in [1.165, 1.54) is 36.4 Å². The van der Waals surface area contributed by atoms with Crippen LogP contribution in [0.15, 0.2) is 71.6 Å². The minimum Gasteiger partial charge on any atom is -0.455 e. The normalized spacial score (nSPS) is 11.2. The SMILES string of the molecule is O=C(COC(=O)CNS(=O)(=O)c1ccc2ccccc2c1)NCc1ccc(F)cc1. The minimum atomic E-state index is -3.92. The van der Waals surface area contributed by atoms with Gasteiger partial charge < -0.3 is 10.1 Å². The molecule has 1 amide bonds. The van der Waals surface area contributed by atoms with Crippen LogP contribution < -0.4 is 10.0 Å². The van der Waals surface area contributed by atoms with Crippen molar-refractivity contribution in [2.45, 2.75) is 11.4 Å². The van der Waals surface area contributed by atoms with Crippen molar-refractivity contribution in [2.75, 3.05) is 13.2 Å². The molecule has 3 aromatic rings. The van der Waals surface area contributed by atoms with Gasteiger partial charge in [0.25, 0.3) is 5.91 Å². The number of nitrogens with one attached hydrogen (secondary N) is 2. The number of fused-ring (bicyclic) bond motifs is 1. The van der Waals surface area contributed by atoms with Crippen LogP contribution in [0.3, 0.4) is 0 Å². The molecule has 0 atom stereocenters. The summed E-state index contributed by atoms with van der Waals surface area (Å²) in [5, 5.41) is 4.15. The number of amides is 1. The fourth-order valence-electron chi connectivity index (χ4n) is 2.62. The van der Waals surface area contributed by atoms with Crippen LogP contribution in [0.25, 0.3) is 10.8 Å². The van der Waals surface area contributed by atoms with Gasteiger partial charge in [0.1, 0.15) is 12.4 Å². The first kappa shape index (κ1) is 21.4. The molecule has 9 heteroatoms. The lowest BCUT2D eigenvalue weighted by Gasteiger charge is -2.09. The first-order valence-electron chi connectivity index (χ1n) is 8.99. The summed E-state index contributed by atoms with van der Waals surface area (Å²) in [5.41, 5.74) is 0.680. The highest BCUT2D eigenvalue weighted by Gasteiger charge is 2.17.